The number of amides is 1. The summed E-state index contributed by atoms with van der Waals surface area (Å²) in [5.41, 5.74) is 5.06. The fraction of sp³-hybridized carbons (Fsp3) is 0.379. The third kappa shape index (κ3) is 6.62. The van der Waals surface area contributed by atoms with Crippen LogP contribution in [0.1, 0.15) is 67.7 Å². The van der Waals surface area contributed by atoms with Gasteiger partial charge in [-0.2, -0.15) is 0 Å². The number of carboxylic acid groups (broad SMARTS) is 1. The summed E-state index contributed by atoms with van der Waals surface area (Å²) in [5.74, 6) is -1.26. The van der Waals surface area contributed by atoms with Crippen molar-refractivity contribution in [3.63, 3.8) is 0 Å². The lowest BCUT2D eigenvalue weighted by molar-refractivity contribution is -0.139. The quantitative estimate of drug-likeness (QED) is 0.282. The Morgan fingerprint density at radius 2 is 1.56 bits per heavy atom. The molecule has 4 N–H and O–H groups in total. The normalized spacial score (nSPS) is 12.9. The average Bonchev–Trinajstić information content (AvgIpc) is 3.18. The lowest BCUT2D eigenvalue weighted by Gasteiger charge is -2.19. The van der Waals surface area contributed by atoms with Crippen LogP contribution in [0.25, 0.3) is 11.1 Å². The summed E-state index contributed by atoms with van der Waals surface area (Å²) < 4.78 is 2.12. The zero-order valence-corrected chi connectivity index (χ0v) is 21.1. The first-order chi connectivity index (χ1) is 17.2. The van der Waals surface area contributed by atoms with E-state index in [0.717, 1.165) is 22.5 Å². The molecule has 7 nitrogen and oxygen atoms in total. The molecule has 3 rings (SSSR count). The largest absolute Gasteiger partial charge is 0.481 e. The molecular weight excluding hydrogens is 456 g/mol. The van der Waals surface area contributed by atoms with Crippen LogP contribution in [-0.4, -0.2) is 44.0 Å². The van der Waals surface area contributed by atoms with Gasteiger partial charge in [-0.25, -0.2) is 0 Å². The maximum atomic E-state index is 13.7. The molecule has 36 heavy (non-hydrogen) atoms. The Hall–Kier alpha value is -3.42. The highest BCUT2D eigenvalue weighted by atomic mass is 16.4. The van der Waals surface area contributed by atoms with Gasteiger partial charge in [-0.3, -0.25) is 9.59 Å². The summed E-state index contributed by atoms with van der Waals surface area (Å²) >= 11 is 0. The van der Waals surface area contributed by atoms with Crippen molar-refractivity contribution in [1.29, 1.82) is 0 Å². The van der Waals surface area contributed by atoms with Gasteiger partial charge in [0.2, 0.25) is 0 Å². The van der Waals surface area contributed by atoms with Crippen molar-refractivity contribution in [3.05, 3.63) is 77.6 Å². The standard InChI is InChI=1S/C29H36N2O5/c1-4-24-26(20-11-7-5-8-12-20)27(29(36)30-21-13-9-6-10-14-21)28(19(2)3)31(24)16-15-22(32)17-23(33)18-25(34)35/h5-14,19,22-23,32-33H,4,15-18H2,1-3H3,(H,30,36)(H,34,35). The Bertz CT molecular complexity index is 1160. The van der Waals surface area contributed by atoms with Crippen LogP contribution in [0, 0.1) is 0 Å². The van der Waals surface area contributed by atoms with Gasteiger partial charge in [0.05, 0.1) is 24.2 Å². The molecule has 0 radical (unpaired) electrons. The van der Waals surface area contributed by atoms with Crippen molar-refractivity contribution in [2.24, 2.45) is 0 Å². The van der Waals surface area contributed by atoms with E-state index in [4.69, 9.17) is 5.11 Å². The third-order valence-electron chi connectivity index (χ3n) is 6.25. The highest BCUT2D eigenvalue weighted by molar-refractivity contribution is 6.10. The molecule has 7 heteroatoms. The van der Waals surface area contributed by atoms with Gasteiger partial charge >= 0.3 is 5.97 Å². The molecule has 0 saturated carbocycles. The number of nitrogens with one attached hydrogen (secondary N) is 1. The topological polar surface area (TPSA) is 112 Å². The van der Waals surface area contributed by atoms with Gasteiger partial charge in [-0.15, -0.1) is 0 Å². The van der Waals surface area contributed by atoms with Gasteiger partial charge in [0.1, 0.15) is 0 Å². The lowest BCUT2D eigenvalue weighted by Crippen LogP contribution is -2.23. The summed E-state index contributed by atoms with van der Waals surface area (Å²) in [6.07, 6.45) is -1.39. The molecule has 3 aromatic rings. The number of carbonyl (C=O) groups excluding carboxylic acids is 1. The number of carbonyl (C=O) groups is 2. The van der Waals surface area contributed by atoms with E-state index >= 15 is 0 Å². The smallest absolute Gasteiger partial charge is 0.305 e. The monoisotopic (exact) mass is 492 g/mol. The van der Waals surface area contributed by atoms with E-state index in [1.165, 1.54) is 0 Å². The summed E-state index contributed by atoms with van der Waals surface area (Å²) in [6.45, 7) is 6.59. The summed E-state index contributed by atoms with van der Waals surface area (Å²) in [4.78, 5) is 24.6. The predicted octanol–water partition coefficient (Wildman–Crippen LogP) is 5.07. The van der Waals surface area contributed by atoms with Crippen LogP contribution in [0.2, 0.25) is 0 Å². The first-order valence-corrected chi connectivity index (χ1v) is 12.5. The number of aliphatic carboxylic acids is 1. The van der Waals surface area contributed by atoms with Crippen molar-refractivity contribution in [3.8, 4) is 11.1 Å². The van der Waals surface area contributed by atoms with Crippen LogP contribution < -0.4 is 5.32 Å². The van der Waals surface area contributed by atoms with E-state index < -0.39 is 24.6 Å². The van der Waals surface area contributed by atoms with Crippen LogP contribution in [0.3, 0.4) is 0 Å². The van der Waals surface area contributed by atoms with Gasteiger partial charge in [0.25, 0.3) is 5.91 Å². The molecule has 0 aliphatic heterocycles. The second-order valence-corrected chi connectivity index (χ2v) is 9.36. The number of aromatic nitrogens is 1. The zero-order valence-electron chi connectivity index (χ0n) is 21.1. The number of hydrogen-bond donors (Lipinski definition) is 4. The number of rotatable bonds is 12. The fourth-order valence-corrected chi connectivity index (χ4v) is 4.77. The Kier molecular flexibility index (Phi) is 9.44. The van der Waals surface area contributed by atoms with Crippen LogP contribution in [-0.2, 0) is 17.8 Å². The van der Waals surface area contributed by atoms with Crippen LogP contribution in [0.5, 0.6) is 0 Å². The Balaban J connectivity index is 2.04. The first kappa shape index (κ1) is 27.2. The average molecular weight is 493 g/mol. The SMILES string of the molecule is CCc1c(-c2ccccc2)c(C(=O)Nc2ccccc2)c(C(C)C)n1CCC(O)CC(O)CC(=O)O. The number of nitrogens with zero attached hydrogens (tertiary/aromatic N) is 1. The fourth-order valence-electron chi connectivity index (χ4n) is 4.77. The number of hydrogen-bond acceptors (Lipinski definition) is 4. The highest BCUT2D eigenvalue weighted by Gasteiger charge is 2.29. The van der Waals surface area contributed by atoms with Crippen molar-refractivity contribution >= 4 is 17.6 Å². The number of aliphatic hydroxyl groups excluding tert-OH is 2. The van der Waals surface area contributed by atoms with Gasteiger partial charge in [-0.1, -0.05) is 69.3 Å². The van der Waals surface area contributed by atoms with Crippen molar-refractivity contribution in [1.82, 2.24) is 4.57 Å². The molecule has 1 heterocycles. The molecule has 0 aliphatic rings. The molecule has 2 unspecified atom stereocenters. The van der Waals surface area contributed by atoms with E-state index in [2.05, 4.69) is 9.88 Å². The predicted molar refractivity (Wildman–Crippen MR) is 141 cm³/mol. The molecule has 192 valence electrons. The van der Waals surface area contributed by atoms with E-state index in [1.807, 2.05) is 81.4 Å². The second-order valence-electron chi connectivity index (χ2n) is 9.36. The zero-order chi connectivity index (χ0) is 26.2. The highest BCUT2D eigenvalue weighted by Crippen LogP contribution is 2.37. The van der Waals surface area contributed by atoms with E-state index in [0.29, 0.717) is 30.6 Å². The van der Waals surface area contributed by atoms with Crippen molar-refractivity contribution < 1.29 is 24.9 Å². The molecule has 0 saturated heterocycles. The maximum absolute atomic E-state index is 13.7. The molecule has 1 aromatic heterocycles. The number of para-hydroxylation sites is 1. The molecule has 0 spiro atoms. The summed E-state index contributed by atoms with van der Waals surface area (Å²) in [6, 6.07) is 19.2. The van der Waals surface area contributed by atoms with E-state index in [-0.39, 0.29) is 18.2 Å². The molecule has 1 amide bonds. The van der Waals surface area contributed by atoms with Crippen molar-refractivity contribution in [2.75, 3.05) is 5.32 Å². The lowest BCUT2D eigenvalue weighted by atomic mass is 9.95. The first-order valence-electron chi connectivity index (χ1n) is 12.5. The van der Waals surface area contributed by atoms with Crippen LogP contribution >= 0.6 is 0 Å². The molecule has 0 aliphatic carbocycles. The minimum Gasteiger partial charge on any atom is -0.481 e. The van der Waals surface area contributed by atoms with Gasteiger partial charge in [0, 0.05) is 29.2 Å². The number of aliphatic hydroxyl groups is 2. The minimum absolute atomic E-state index is 0.0149. The molecule has 2 aromatic carbocycles. The van der Waals surface area contributed by atoms with Crippen molar-refractivity contribution in [2.45, 2.75) is 71.1 Å². The molecular formula is C29H36N2O5. The van der Waals surface area contributed by atoms with Gasteiger partial charge in [0.15, 0.2) is 0 Å². The molecule has 0 fully saturated rings. The maximum Gasteiger partial charge on any atom is 0.305 e. The minimum atomic E-state index is -1.11. The Labute approximate surface area is 212 Å². The van der Waals surface area contributed by atoms with E-state index in [1.54, 1.807) is 0 Å². The Morgan fingerprint density at radius 1 is 0.944 bits per heavy atom. The van der Waals surface area contributed by atoms with Gasteiger partial charge in [-0.05, 0) is 42.9 Å². The van der Waals surface area contributed by atoms with Crippen LogP contribution in [0.4, 0.5) is 5.69 Å². The third-order valence-corrected chi connectivity index (χ3v) is 6.25. The second kappa shape index (κ2) is 12.5. The van der Waals surface area contributed by atoms with Gasteiger partial charge < -0.3 is 25.2 Å². The molecule has 0 bridgehead atoms. The summed E-state index contributed by atoms with van der Waals surface area (Å²) in [7, 11) is 0. The number of anilines is 1. The van der Waals surface area contributed by atoms with E-state index in [9.17, 15) is 19.8 Å². The summed E-state index contributed by atoms with van der Waals surface area (Å²) in [5, 5.41) is 32.4. The van der Waals surface area contributed by atoms with Crippen LogP contribution in [0.15, 0.2) is 60.7 Å². The molecule has 2 atom stereocenters. The number of benzene rings is 2. The Morgan fingerprint density at radius 3 is 2.11 bits per heavy atom. The number of carboxylic acids is 1.